The van der Waals surface area contributed by atoms with E-state index in [2.05, 4.69) is 0 Å². The zero-order valence-corrected chi connectivity index (χ0v) is 7.50. The standard InChI is InChI=1S/C5H11NO5S/c1-5(2,12(9,10)11)3(6)4(7)8/h3H,6H2,1-2H3,(H,7,8)(H,9,10,11)/t3-/m1/s1. The minimum Gasteiger partial charge on any atom is -0.480 e. The van der Waals surface area contributed by atoms with E-state index in [1.54, 1.807) is 0 Å². The van der Waals surface area contributed by atoms with Crippen molar-refractivity contribution in [2.24, 2.45) is 5.73 Å². The SMILES string of the molecule is CC(C)([C@H](N)C(=O)O)S(=O)(=O)O. The van der Waals surface area contributed by atoms with Crippen molar-refractivity contribution in [2.45, 2.75) is 24.6 Å². The first-order valence-electron chi connectivity index (χ1n) is 3.06. The normalized spacial score (nSPS) is 15.7. The Bertz CT molecular complexity index is 280. The molecule has 12 heavy (non-hydrogen) atoms. The average Bonchev–Trinajstić information content (AvgIpc) is 1.83. The van der Waals surface area contributed by atoms with E-state index in [-0.39, 0.29) is 0 Å². The van der Waals surface area contributed by atoms with E-state index in [0.717, 1.165) is 13.8 Å². The zero-order valence-electron chi connectivity index (χ0n) is 6.68. The fourth-order valence-electron chi connectivity index (χ4n) is 0.458. The molecule has 0 amide bonds. The molecular weight excluding hydrogens is 186 g/mol. The smallest absolute Gasteiger partial charge is 0.322 e. The molecule has 0 saturated heterocycles. The Labute approximate surface area is 70.1 Å². The Morgan fingerprint density at radius 2 is 1.83 bits per heavy atom. The second kappa shape index (κ2) is 3.00. The Balaban J connectivity index is 5.00. The maximum Gasteiger partial charge on any atom is 0.322 e. The number of carboxylic acid groups (broad SMARTS) is 1. The van der Waals surface area contributed by atoms with Crippen LogP contribution >= 0.6 is 0 Å². The summed E-state index contributed by atoms with van der Waals surface area (Å²) in [7, 11) is -4.45. The number of carboxylic acids is 1. The van der Waals surface area contributed by atoms with Crippen molar-refractivity contribution in [3.8, 4) is 0 Å². The Hall–Kier alpha value is -0.660. The monoisotopic (exact) mass is 197 g/mol. The van der Waals surface area contributed by atoms with Crippen molar-refractivity contribution in [3.63, 3.8) is 0 Å². The summed E-state index contributed by atoms with van der Waals surface area (Å²) in [6, 6.07) is -1.65. The molecule has 7 heteroatoms. The molecule has 0 fully saturated rings. The predicted molar refractivity (Wildman–Crippen MR) is 41.2 cm³/mol. The second-order valence-electron chi connectivity index (χ2n) is 2.89. The molecule has 0 aliphatic heterocycles. The molecule has 1 atom stereocenters. The van der Waals surface area contributed by atoms with Crippen LogP contribution in [0.5, 0.6) is 0 Å². The number of nitrogens with two attached hydrogens (primary N) is 1. The van der Waals surface area contributed by atoms with E-state index in [1.807, 2.05) is 0 Å². The van der Waals surface area contributed by atoms with Crippen molar-refractivity contribution in [2.75, 3.05) is 0 Å². The number of hydrogen-bond donors (Lipinski definition) is 3. The van der Waals surface area contributed by atoms with Crippen LogP contribution in [0, 0.1) is 0 Å². The van der Waals surface area contributed by atoms with E-state index in [9.17, 15) is 13.2 Å². The number of hydrogen-bond acceptors (Lipinski definition) is 4. The lowest BCUT2D eigenvalue weighted by atomic mass is 10.1. The Morgan fingerprint density at radius 1 is 1.50 bits per heavy atom. The molecule has 0 saturated carbocycles. The lowest BCUT2D eigenvalue weighted by molar-refractivity contribution is -0.139. The van der Waals surface area contributed by atoms with Gasteiger partial charge < -0.3 is 10.8 Å². The Morgan fingerprint density at radius 3 is 1.92 bits per heavy atom. The summed E-state index contributed by atoms with van der Waals surface area (Å²) in [5, 5.41) is 8.38. The minimum atomic E-state index is -4.45. The van der Waals surface area contributed by atoms with Gasteiger partial charge in [0.15, 0.2) is 0 Å². The average molecular weight is 197 g/mol. The largest absolute Gasteiger partial charge is 0.480 e. The molecule has 6 nitrogen and oxygen atoms in total. The summed E-state index contributed by atoms with van der Waals surface area (Å²) in [6.07, 6.45) is 0. The highest BCUT2D eigenvalue weighted by atomic mass is 32.2. The summed E-state index contributed by atoms with van der Waals surface area (Å²) in [4.78, 5) is 10.3. The molecular formula is C5H11NO5S. The van der Waals surface area contributed by atoms with Crippen LogP contribution in [-0.4, -0.2) is 34.8 Å². The maximum atomic E-state index is 10.6. The fraction of sp³-hybridized carbons (Fsp3) is 0.800. The van der Waals surface area contributed by atoms with Gasteiger partial charge in [0.2, 0.25) is 0 Å². The molecule has 0 radical (unpaired) electrons. The van der Waals surface area contributed by atoms with E-state index in [0.29, 0.717) is 0 Å². The predicted octanol–water partition coefficient (Wildman–Crippen LogP) is -0.935. The molecule has 72 valence electrons. The summed E-state index contributed by atoms with van der Waals surface area (Å²) < 4.78 is 27.9. The lowest BCUT2D eigenvalue weighted by Gasteiger charge is -2.24. The summed E-state index contributed by atoms with van der Waals surface area (Å²) in [5.74, 6) is -1.47. The summed E-state index contributed by atoms with van der Waals surface area (Å²) >= 11 is 0. The maximum absolute atomic E-state index is 10.6. The highest BCUT2D eigenvalue weighted by molar-refractivity contribution is 7.87. The third-order valence-corrected chi connectivity index (χ3v) is 3.26. The molecule has 0 aromatic rings. The van der Waals surface area contributed by atoms with Gasteiger partial charge in [-0.15, -0.1) is 0 Å². The van der Waals surface area contributed by atoms with Gasteiger partial charge >= 0.3 is 5.97 Å². The van der Waals surface area contributed by atoms with Gasteiger partial charge in [-0.05, 0) is 13.8 Å². The van der Waals surface area contributed by atoms with Crippen LogP contribution in [0.4, 0.5) is 0 Å². The molecule has 0 aliphatic carbocycles. The van der Waals surface area contributed by atoms with Crippen LogP contribution in [0.25, 0.3) is 0 Å². The minimum absolute atomic E-state index is 1.04. The van der Waals surface area contributed by atoms with Crippen LogP contribution in [0.15, 0.2) is 0 Å². The van der Waals surface area contributed by atoms with E-state index in [1.165, 1.54) is 0 Å². The van der Waals surface area contributed by atoms with Crippen LogP contribution in [0.2, 0.25) is 0 Å². The van der Waals surface area contributed by atoms with Gasteiger partial charge in [-0.3, -0.25) is 9.35 Å². The van der Waals surface area contributed by atoms with Gasteiger partial charge in [-0.25, -0.2) is 0 Å². The van der Waals surface area contributed by atoms with E-state index >= 15 is 0 Å². The first kappa shape index (κ1) is 11.3. The molecule has 0 aliphatic rings. The number of aliphatic carboxylic acids is 1. The van der Waals surface area contributed by atoms with Crippen LogP contribution in [0.3, 0.4) is 0 Å². The van der Waals surface area contributed by atoms with Crippen LogP contribution in [0.1, 0.15) is 13.8 Å². The first-order valence-corrected chi connectivity index (χ1v) is 4.50. The zero-order chi connectivity index (χ0) is 10.2. The van der Waals surface area contributed by atoms with Gasteiger partial charge in [0, 0.05) is 0 Å². The third kappa shape index (κ3) is 1.93. The topological polar surface area (TPSA) is 118 Å². The molecule has 0 spiro atoms. The van der Waals surface area contributed by atoms with Gasteiger partial charge in [0.1, 0.15) is 10.8 Å². The highest BCUT2D eigenvalue weighted by Crippen LogP contribution is 2.18. The summed E-state index contributed by atoms with van der Waals surface area (Å²) in [6.45, 7) is 2.09. The van der Waals surface area contributed by atoms with Gasteiger partial charge in [-0.1, -0.05) is 0 Å². The van der Waals surface area contributed by atoms with E-state index < -0.39 is 26.9 Å². The molecule has 0 bridgehead atoms. The van der Waals surface area contributed by atoms with Crippen molar-refractivity contribution in [1.82, 2.24) is 0 Å². The lowest BCUT2D eigenvalue weighted by Crippen LogP contribution is -2.53. The van der Waals surface area contributed by atoms with Gasteiger partial charge in [-0.2, -0.15) is 8.42 Å². The highest BCUT2D eigenvalue weighted by Gasteiger charge is 2.43. The van der Waals surface area contributed by atoms with Crippen molar-refractivity contribution < 1.29 is 22.9 Å². The Kier molecular flexibility index (Phi) is 2.83. The molecule has 0 heterocycles. The fourth-order valence-corrected chi connectivity index (χ4v) is 0.880. The van der Waals surface area contributed by atoms with Gasteiger partial charge in [0.05, 0.1) is 0 Å². The van der Waals surface area contributed by atoms with Crippen molar-refractivity contribution >= 4 is 16.1 Å². The van der Waals surface area contributed by atoms with E-state index in [4.69, 9.17) is 15.4 Å². The summed E-state index contributed by atoms with van der Waals surface area (Å²) in [5.41, 5.74) is 5.04. The third-order valence-electron chi connectivity index (χ3n) is 1.68. The van der Waals surface area contributed by atoms with Gasteiger partial charge in [0.25, 0.3) is 10.1 Å². The number of rotatable bonds is 3. The molecule has 4 N–H and O–H groups in total. The van der Waals surface area contributed by atoms with Crippen LogP contribution < -0.4 is 5.73 Å². The number of carbonyl (C=O) groups is 1. The van der Waals surface area contributed by atoms with Crippen molar-refractivity contribution in [1.29, 1.82) is 0 Å². The van der Waals surface area contributed by atoms with Crippen LogP contribution in [-0.2, 0) is 14.9 Å². The quantitative estimate of drug-likeness (QED) is 0.503. The first-order chi connectivity index (χ1) is 5.10. The molecule has 0 unspecified atom stereocenters. The molecule has 0 aromatic carbocycles. The van der Waals surface area contributed by atoms with Crippen molar-refractivity contribution in [3.05, 3.63) is 0 Å². The molecule has 0 rings (SSSR count). The second-order valence-corrected chi connectivity index (χ2v) is 4.90. The molecule has 0 aromatic heterocycles.